The number of hydrogen-bond donors (Lipinski definition) is 1. The molecule has 5 heteroatoms. The lowest BCUT2D eigenvalue weighted by molar-refractivity contribution is 0.248. The van der Waals surface area contributed by atoms with Crippen molar-refractivity contribution in [2.45, 2.75) is 45.6 Å². The Labute approximate surface area is 132 Å². The summed E-state index contributed by atoms with van der Waals surface area (Å²) in [6.07, 6.45) is 4.03. The molecule has 1 saturated heterocycles. The maximum absolute atomic E-state index is 5.91. The number of piperazine rings is 1. The molecule has 1 saturated carbocycles. The predicted molar refractivity (Wildman–Crippen MR) is 90.1 cm³/mol. The van der Waals surface area contributed by atoms with Gasteiger partial charge in [-0.15, -0.1) is 11.3 Å². The minimum absolute atomic E-state index is 0.518. The number of hydrogen-bond acceptors (Lipinski definition) is 5. The van der Waals surface area contributed by atoms with Gasteiger partial charge in [-0.3, -0.25) is 4.90 Å². The van der Waals surface area contributed by atoms with Gasteiger partial charge in [0.25, 0.3) is 0 Å². The van der Waals surface area contributed by atoms with E-state index in [4.69, 9.17) is 10.7 Å². The Bertz CT molecular complexity index is 461. The Kier molecular flexibility index (Phi) is 4.82. The zero-order valence-electron chi connectivity index (χ0n) is 13.3. The van der Waals surface area contributed by atoms with Crippen LogP contribution in [-0.4, -0.2) is 42.6 Å². The second-order valence-corrected chi connectivity index (χ2v) is 7.61. The molecule has 0 bridgehead atoms. The Morgan fingerprint density at radius 3 is 2.57 bits per heavy atom. The van der Waals surface area contributed by atoms with E-state index in [9.17, 15) is 0 Å². The summed E-state index contributed by atoms with van der Waals surface area (Å²) in [5, 5.41) is 1.19. The molecule has 21 heavy (non-hydrogen) atoms. The average Bonchev–Trinajstić information content (AvgIpc) is 3.22. The van der Waals surface area contributed by atoms with E-state index in [1.165, 1.54) is 48.2 Å². The SMILES string of the molecule is CCC(C)c1nc(N2CCN(CC3CC3)CC2)sc1CN. The molecule has 1 aromatic heterocycles. The number of nitrogens with two attached hydrogens (primary N) is 1. The molecule has 2 fully saturated rings. The summed E-state index contributed by atoms with van der Waals surface area (Å²) in [6.45, 7) is 11.0. The first-order chi connectivity index (χ1) is 10.2. The monoisotopic (exact) mass is 308 g/mol. The third-order valence-electron chi connectivity index (χ3n) is 4.84. The van der Waals surface area contributed by atoms with E-state index in [2.05, 4.69) is 23.6 Å². The number of nitrogens with zero attached hydrogens (tertiary/aromatic N) is 3. The van der Waals surface area contributed by atoms with Crippen LogP contribution in [0, 0.1) is 5.92 Å². The first kappa shape index (κ1) is 15.3. The van der Waals surface area contributed by atoms with Gasteiger partial charge in [-0.25, -0.2) is 4.98 Å². The van der Waals surface area contributed by atoms with E-state index in [-0.39, 0.29) is 0 Å². The van der Waals surface area contributed by atoms with Crippen molar-refractivity contribution in [2.75, 3.05) is 37.6 Å². The number of anilines is 1. The lowest BCUT2D eigenvalue weighted by atomic mass is 10.0. The van der Waals surface area contributed by atoms with E-state index in [1.807, 2.05) is 11.3 Å². The van der Waals surface area contributed by atoms with Crippen molar-refractivity contribution < 1.29 is 0 Å². The Morgan fingerprint density at radius 1 is 1.29 bits per heavy atom. The summed E-state index contributed by atoms with van der Waals surface area (Å²) < 4.78 is 0. The minimum atomic E-state index is 0.518. The molecule has 1 atom stereocenters. The van der Waals surface area contributed by atoms with Gasteiger partial charge in [-0.1, -0.05) is 13.8 Å². The van der Waals surface area contributed by atoms with Crippen LogP contribution in [-0.2, 0) is 6.54 Å². The lowest BCUT2D eigenvalue weighted by Crippen LogP contribution is -2.47. The number of rotatable bonds is 6. The quantitative estimate of drug-likeness (QED) is 0.877. The summed E-state index contributed by atoms with van der Waals surface area (Å²) in [5.74, 6) is 1.52. The van der Waals surface area contributed by atoms with Gasteiger partial charge in [-0.2, -0.15) is 0 Å². The van der Waals surface area contributed by atoms with Gasteiger partial charge in [0.2, 0.25) is 0 Å². The summed E-state index contributed by atoms with van der Waals surface area (Å²) in [4.78, 5) is 11.3. The van der Waals surface area contributed by atoms with Crippen LogP contribution in [0.4, 0.5) is 5.13 Å². The lowest BCUT2D eigenvalue weighted by Gasteiger charge is -2.34. The van der Waals surface area contributed by atoms with Gasteiger partial charge in [0.15, 0.2) is 5.13 Å². The largest absolute Gasteiger partial charge is 0.346 e. The molecule has 2 aliphatic rings. The highest BCUT2D eigenvalue weighted by Gasteiger charge is 2.27. The van der Waals surface area contributed by atoms with Gasteiger partial charge >= 0.3 is 0 Å². The number of aromatic nitrogens is 1. The molecule has 1 aliphatic carbocycles. The van der Waals surface area contributed by atoms with E-state index >= 15 is 0 Å². The Balaban J connectivity index is 1.62. The van der Waals surface area contributed by atoms with Gasteiger partial charge < -0.3 is 10.6 Å². The first-order valence-electron chi connectivity index (χ1n) is 8.38. The van der Waals surface area contributed by atoms with Crippen molar-refractivity contribution >= 4 is 16.5 Å². The second-order valence-electron chi connectivity index (χ2n) is 6.55. The normalized spacial score (nSPS) is 21.8. The van der Waals surface area contributed by atoms with Crippen LogP contribution in [0.15, 0.2) is 0 Å². The van der Waals surface area contributed by atoms with Gasteiger partial charge in [0.1, 0.15) is 0 Å². The fraction of sp³-hybridized carbons (Fsp3) is 0.812. The standard InChI is InChI=1S/C16H28N4S/c1-3-12(2)15-14(10-17)21-16(18-15)20-8-6-19(7-9-20)11-13-4-5-13/h12-13H,3-11,17H2,1-2H3. The molecule has 1 unspecified atom stereocenters. The molecule has 0 spiro atoms. The smallest absolute Gasteiger partial charge is 0.185 e. The van der Waals surface area contributed by atoms with E-state index in [0.29, 0.717) is 12.5 Å². The van der Waals surface area contributed by atoms with Crippen molar-refractivity contribution in [2.24, 2.45) is 11.7 Å². The van der Waals surface area contributed by atoms with Gasteiger partial charge in [0, 0.05) is 44.1 Å². The van der Waals surface area contributed by atoms with Crippen LogP contribution in [0.25, 0.3) is 0 Å². The van der Waals surface area contributed by atoms with Crippen LogP contribution >= 0.6 is 11.3 Å². The van der Waals surface area contributed by atoms with Gasteiger partial charge in [0.05, 0.1) is 5.69 Å². The van der Waals surface area contributed by atoms with Crippen LogP contribution in [0.3, 0.4) is 0 Å². The van der Waals surface area contributed by atoms with Crippen molar-refractivity contribution in [1.29, 1.82) is 0 Å². The third kappa shape index (κ3) is 3.58. The van der Waals surface area contributed by atoms with Crippen molar-refractivity contribution in [3.8, 4) is 0 Å². The summed E-state index contributed by atoms with van der Waals surface area (Å²) in [6, 6.07) is 0. The van der Waals surface area contributed by atoms with Crippen molar-refractivity contribution in [3.05, 3.63) is 10.6 Å². The first-order valence-corrected chi connectivity index (χ1v) is 9.19. The molecule has 0 aromatic carbocycles. The molecule has 2 N–H and O–H groups in total. The minimum Gasteiger partial charge on any atom is -0.346 e. The zero-order chi connectivity index (χ0) is 14.8. The molecule has 3 rings (SSSR count). The van der Waals surface area contributed by atoms with E-state index < -0.39 is 0 Å². The molecule has 1 aliphatic heterocycles. The van der Waals surface area contributed by atoms with Crippen LogP contribution in [0.5, 0.6) is 0 Å². The average molecular weight is 308 g/mol. The van der Waals surface area contributed by atoms with Crippen molar-refractivity contribution in [3.63, 3.8) is 0 Å². The maximum atomic E-state index is 5.91. The van der Waals surface area contributed by atoms with Crippen LogP contribution < -0.4 is 10.6 Å². The summed E-state index contributed by atoms with van der Waals surface area (Å²) >= 11 is 1.81. The molecule has 1 aromatic rings. The summed E-state index contributed by atoms with van der Waals surface area (Å²) in [5.41, 5.74) is 7.15. The van der Waals surface area contributed by atoms with E-state index in [0.717, 1.165) is 25.4 Å². The molecule has 0 amide bonds. The fourth-order valence-electron chi connectivity index (χ4n) is 3.00. The highest BCUT2D eigenvalue weighted by molar-refractivity contribution is 7.15. The van der Waals surface area contributed by atoms with Crippen molar-refractivity contribution in [1.82, 2.24) is 9.88 Å². The zero-order valence-corrected chi connectivity index (χ0v) is 14.2. The Morgan fingerprint density at radius 2 is 2.00 bits per heavy atom. The van der Waals surface area contributed by atoms with E-state index in [1.54, 1.807) is 0 Å². The fourth-order valence-corrected chi connectivity index (χ4v) is 4.11. The van der Waals surface area contributed by atoms with Crippen LogP contribution in [0.1, 0.15) is 49.6 Å². The highest BCUT2D eigenvalue weighted by atomic mass is 32.1. The molecular formula is C16H28N4S. The summed E-state index contributed by atoms with van der Waals surface area (Å²) in [7, 11) is 0. The maximum Gasteiger partial charge on any atom is 0.185 e. The topological polar surface area (TPSA) is 45.4 Å². The predicted octanol–water partition coefficient (Wildman–Crippen LogP) is 2.65. The van der Waals surface area contributed by atoms with Gasteiger partial charge in [-0.05, 0) is 31.1 Å². The highest BCUT2D eigenvalue weighted by Crippen LogP contribution is 2.33. The molecule has 2 heterocycles. The second kappa shape index (κ2) is 6.63. The molecule has 4 nitrogen and oxygen atoms in total. The molecule has 118 valence electrons. The molecular weight excluding hydrogens is 280 g/mol. The Hall–Kier alpha value is -0.650. The number of thiazole rings is 1. The molecule has 0 radical (unpaired) electrons. The van der Waals surface area contributed by atoms with Crippen LogP contribution in [0.2, 0.25) is 0 Å². The third-order valence-corrected chi connectivity index (χ3v) is 5.99.